The number of aromatic amines is 1. The lowest BCUT2D eigenvalue weighted by atomic mass is 10.1. The molecule has 1 unspecified atom stereocenters. The van der Waals surface area contributed by atoms with Gasteiger partial charge in [0.05, 0.1) is 12.2 Å². The first-order valence-corrected chi connectivity index (χ1v) is 9.85. The zero-order chi connectivity index (χ0) is 21.0. The minimum atomic E-state index is -1.03. The smallest absolute Gasteiger partial charge is 0.355 e. The summed E-state index contributed by atoms with van der Waals surface area (Å²) in [4.78, 5) is 42.8. The molecule has 0 saturated carbocycles. The number of nitrogens with zero attached hydrogens (tertiary/aromatic N) is 1. The summed E-state index contributed by atoms with van der Waals surface area (Å²) in [6.07, 6.45) is 0.863. The van der Waals surface area contributed by atoms with Crippen molar-refractivity contribution < 1.29 is 23.9 Å². The highest BCUT2D eigenvalue weighted by atomic mass is 16.5. The lowest BCUT2D eigenvalue weighted by Gasteiger charge is -2.23. The molecule has 1 aromatic heterocycles. The van der Waals surface area contributed by atoms with Crippen LogP contribution in [0.15, 0.2) is 30.3 Å². The Morgan fingerprint density at radius 3 is 2.34 bits per heavy atom. The predicted molar refractivity (Wildman–Crippen MR) is 107 cm³/mol. The van der Waals surface area contributed by atoms with E-state index in [4.69, 9.17) is 9.47 Å². The molecule has 7 heteroatoms. The van der Waals surface area contributed by atoms with Gasteiger partial charge in [-0.25, -0.2) is 9.59 Å². The molecule has 3 rings (SSSR count). The number of hydrogen-bond acceptors (Lipinski definition) is 5. The second-order valence-corrected chi connectivity index (χ2v) is 7.07. The number of carbonyl (C=O) groups excluding carboxylic acids is 3. The molecule has 0 aliphatic carbocycles. The van der Waals surface area contributed by atoms with Gasteiger partial charge in [0.2, 0.25) is 6.10 Å². The van der Waals surface area contributed by atoms with Crippen molar-refractivity contribution in [2.24, 2.45) is 0 Å². The minimum absolute atomic E-state index is 0.221. The van der Waals surface area contributed by atoms with Crippen LogP contribution in [-0.4, -0.2) is 47.4 Å². The third-order valence-corrected chi connectivity index (χ3v) is 5.09. The highest BCUT2D eigenvalue weighted by molar-refractivity contribution is 5.99. The number of nitrogens with one attached hydrogen (secondary N) is 1. The van der Waals surface area contributed by atoms with Gasteiger partial charge in [-0.05, 0) is 39.2 Å². The zero-order valence-corrected chi connectivity index (χ0v) is 17.0. The second kappa shape index (κ2) is 8.94. The van der Waals surface area contributed by atoms with Crippen LogP contribution < -0.4 is 0 Å². The van der Waals surface area contributed by atoms with Crippen molar-refractivity contribution in [2.75, 3.05) is 19.7 Å². The van der Waals surface area contributed by atoms with Crippen molar-refractivity contribution in [1.82, 2.24) is 9.88 Å². The van der Waals surface area contributed by atoms with E-state index in [9.17, 15) is 14.4 Å². The standard InChI is InChI=1S/C22H26N2O5/c1-4-28-22(27)18-14(2)17(15(3)23-18)21(26)29-19(16-10-6-5-7-11-16)20(25)24-12-8-9-13-24/h5-7,10-11,19,23H,4,8-9,12-13H2,1-3H3. The highest BCUT2D eigenvalue weighted by Gasteiger charge is 2.33. The van der Waals surface area contributed by atoms with E-state index in [1.807, 2.05) is 6.07 Å². The van der Waals surface area contributed by atoms with Gasteiger partial charge in [-0.3, -0.25) is 4.79 Å². The maximum Gasteiger partial charge on any atom is 0.355 e. The fourth-order valence-electron chi connectivity index (χ4n) is 3.62. The Hall–Kier alpha value is -3.09. The van der Waals surface area contributed by atoms with Crippen molar-refractivity contribution in [3.05, 3.63) is 58.4 Å². The molecule has 2 heterocycles. The fourth-order valence-corrected chi connectivity index (χ4v) is 3.62. The van der Waals surface area contributed by atoms with Crippen molar-refractivity contribution >= 4 is 17.8 Å². The molecule has 0 spiro atoms. The van der Waals surface area contributed by atoms with Gasteiger partial charge in [0.15, 0.2) is 0 Å². The van der Waals surface area contributed by atoms with Gasteiger partial charge in [0, 0.05) is 24.3 Å². The molecular weight excluding hydrogens is 372 g/mol. The number of aryl methyl sites for hydroxylation is 1. The number of aromatic nitrogens is 1. The Balaban J connectivity index is 1.89. The Bertz CT molecular complexity index is 897. The van der Waals surface area contributed by atoms with Gasteiger partial charge in [-0.15, -0.1) is 0 Å². The summed E-state index contributed by atoms with van der Waals surface area (Å²) in [6.45, 7) is 6.62. The van der Waals surface area contributed by atoms with Gasteiger partial charge in [-0.2, -0.15) is 0 Å². The second-order valence-electron chi connectivity index (χ2n) is 7.07. The molecule has 1 aliphatic heterocycles. The lowest BCUT2D eigenvalue weighted by molar-refractivity contribution is -0.140. The molecule has 154 valence electrons. The predicted octanol–water partition coefficient (Wildman–Crippen LogP) is 3.33. The normalized spacial score (nSPS) is 14.5. The van der Waals surface area contributed by atoms with E-state index < -0.39 is 18.0 Å². The average molecular weight is 398 g/mol. The number of likely N-dealkylation sites (tertiary alicyclic amines) is 1. The monoisotopic (exact) mass is 398 g/mol. The van der Waals surface area contributed by atoms with E-state index in [0.29, 0.717) is 29.9 Å². The largest absolute Gasteiger partial charge is 0.461 e. The first-order chi connectivity index (χ1) is 13.9. The minimum Gasteiger partial charge on any atom is -0.461 e. The number of carbonyl (C=O) groups is 3. The van der Waals surface area contributed by atoms with E-state index in [1.165, 1.54) is 0 Å². The van der Waals surface area contributed by atoms with Gasteiger partial charge in [0.1, 0.15) is 5.69 Å². The van der Waals surface area contributed by atoms with E-state index in [1.54, 1.807) is 49.9 Å². The van der Waals surface area contributed by atoms with E-state index in [-0.39, 0.29) is 23.8 Å². The number of amides is 1. The van der Waals surface area contributed by atoms with Crippen LogP contribution in [0.1, 0.15) is 63.5 Å². The number of H-pyrrole nitrogens is 1. The van der Waals surface area contributed by atoms with Crippen molar-refractivity contribution in [3.8, 4) is 0 Å². The van der Waals surface area contributed by atoms with Crippen LogP contribution in [0.25, 0.3) is 0 Å². The summed E-state index contributed by atoms with van der Waals surface area (Å²) in [5, 5.41) is 0. The van der Waals surface area contributed by atoms with Crippen LogP contribution >= 0.6 is 0 Å². The first-order valence-electron chi connectivity index (χ1n) is 9.85. The molecule has 2 aromatic rings. The van der Waals surface area contributed by atoms with E-state index in [2.05, 4.69) is 4.98 Å². The first kappa shape index (κ1) is 20.6. The Kier molecular flexibility index (Phi) is 6.36. The van der Waals surface area contributed by atoms with Crippen LogP contribution in [0.2, 0.25) is 0 Å². The van der Waals surface area contributed by atoms with Gasteiger partial charge in [0.25, 0.3) is 5.91 Å². The third kappa shape index (κ3) is 4.34. The van der Waals surface area contributed by atoms with Crippen molar-refractivity contribution in [2.45, 2.75) is 39.7 Å². The molecule has 29 heavy (non-hydrogen) atoms. The fraction of sp³-hybridized carbons (Fsp3) is 0.409. The maximum absolute atomic E-state index is 13.0. The topological polar surface area (TPSA) is 88.7 Å². The van der Waals surface area contributed by atoms with Gasteiger partial charge < -0.3 is 19.4 Å². The number of rotatable bonds is 6. The van der Waals surface area contributed by atoms with Crippen LogP contribution in [0.4, 0.5) is 0 Å². The molecule has 1 fully saturated rings. The number of esters is 2. The summed E-state index contributed by atoms with van der Waals surface area (Å²) >= 11 is 0. The molecule has 1 N–H and O–H groups in total. The zero-order valence-electron chi connectivity index (χ0n) is 17.0. The molecule has 1 aromatic carbocycles. The molecule has 1 aliphatic rings. The Morgan fingerprint density at radius 1 is 1.07 bits per heavy atom. The third-order valence-electron chi connectivity index (χ3n) is 5.09. The number of benzene rings is 1. The summed E-state index contributed by atoms with van der Waals surface area (Å²) in [6, 6.07) is 8.99. The molecule has 1 atom stereocenters. The molecule has 1 saturated heterocycles. The molecule has 0 radical (unpaired) electrons. The Labute approximate surface area is 170 Å². The molecule has 7 nitrogen and oxygen atoms in total. The van der Waals surface area contributed by atoms with Gasteiger partial charge in [-0.1, -0.05) is 30.3 Å². The average Bonchev–Trinajstić information content (AvgIpc) is 3.34. The van der Waals surface area contributed by atoms with Crippen LogP contribution in [-0.2, 0) is 14.3 Å². The molecular formula is C22H26N2O5. The van der Waals surface area contributed by atoms with Crippen LogP contribution in [0.5, 0.6) is 0 Å². The summed E-state index contributed by atoms with van der Waals surface area (Å²) < 4.78 is 10.7. The van der Waals surface area contributed by atoms with E-state index in [0.717, 1.165) is 12.8 Å². The number of hydrogen-bond donors (Lipinski definition) is 1. The highest BCUT2D eigenvalue weighted by Crippen LogP contribution is 2.27. The van der Waals surface area contributed by atoms with Crippen LogP contribution in [0, 0.1) is 13.8 Å². The van der Waals surface area contributed by atoms with Gasteiger partial charge >= 0.3 is 11.9 Å². The summed E-state index contributed by atoms with van der Waals surface area (Å²) in [5.41, 5.74) is 2.04. The Morgan fingerprint density at radius 2 is 1.72 bits per heavy atom. The quantitative estimate of drug-likeness (QED) is 0.754. The summed E-state index contributed by atoms with van der Waals surface area (Å²) in [5.74, 6) is -1.40. The lowest BCUT2D eigenvalue weighted by Crippen LogP contribution is -2.35. The van der Waals surface area contributed by atoms with Crippen molar-refractivity contribution in [3.63, 3.8) is 0 Å². The molecule has 1 amide bonds. The maximum atomic E-state index is 13.0. The van der Waals surface area contributed by atoms with Crippen LogP contribution in [0.3, 0.4) is 0 Å². The summed E-state index contributed by atoms with van der Waals surface area (Å²) in [7, 11) is 0. The van der Waals surface area contributed by atoms with E-state index >= 15 is 0 Å². The SMILES string of the molecule is CCOC(=O)c1[nH]c(C)c(C(=O)OC(C(=O)N2CCCC2)c2ccccc2)c1C. The van der Waals surface area contributed by atoms with Crippen molar-refractivity contribution in [1.29, 1.82) is 0 Å². The number of ether oxygens (including phenoxy) is 2. The molecule has 0 bridgehead atoms.